The van der Waals surface area contributed by atoms with Gasteiger partial charge in [0.25, 0.3) is 0 Å². The van der Waals surface area contributed by atoms with Crippen molar-refractivity contribution >= 4 is 0 Å². The number of hydrogen-bond acceptors (Lipinski definition) is 2. The standard InChI is InChI=1S/C15H26N2/c1-12(17-6-2-3-7-17)10-16-11-15-9-13-4-5-14(15)8-13/h4-5,12-16H,2-3,6-11H2,1H3. The lowest BCUT2D eigenvalue weighted by Crippen LogP contribution is -2.40. The molecule has 1 N–H and O–H groups in total. The molecule has 3 rings (SSSR count). The van der Waals surface area contributed by atoms with Crippen LogP contribution in [0.15, 0.2) is 12.2 Å². The van der Waals surface area contributed by atoms with Crippen molar-refractivity contribution in [1.29, 1.82) is 0 Å². The monoisotopic (exact) mass is 234 g/mol. The molecule has 96 valence electrons. The summed E-state index contributed by atoms with van der Waals surface area (Å²) in [5.41, 5.74) is 0. The Labute approximate surface area is 105 Å². The Balaban J connectivity index is 1.36. The van der Waals surface area contributed by atoms with Gasteiger partial charge >= 0.3 is 0 Å². The topological polar surface area (TPSA) is 15.3 Å². The lowest BCUT2D eigenvalue weighted by molar-refractivity contribution is 0.247. The minimum atomic E-state index is 0.728. The lowest BCUT2D eigenvalue weighted by Gasteiger charge is -2.25. The number of likely N-dealkylation sites (tertiary alicyclic amines) is 1. The highest BCUT2D eigenvalue weighted by Crippen LogP contribution is 2.42. The van der Waals surface area contributed by atoms with E-state index in [4.69, 9.17) is 0 Å². The molecule has 2 aliphatic carbocycles. The summed E-state index contributed by atoms with van der Waals surface area (Å²) in [6.45, 7) is 7.43. The Bertz CT molecular complexity index is 281. The molecule has 17 heavy (non-hydrogen) atoms. The van der Waals surface area contributed by atoms with Gasteiger partial charge in [0.2, 0.25) is 0 Å². The van der Waals surface area contributed by atoms with Crippen LogP contribution in [0.3, 0.4) is 0 Å². The van der Waals surface area contributed by atoms with Gasteiger partial charge in [-0.3, -0.25) is 4.90 Å². The van der Waals surface area contributed by atoms with Gasteiger partial charge in [-0.25, -0.2) is 0 Å². The van der Waals surface area contributed by atoms with Crippen molar-refractivity contribution < 1.29 is 0 Å². The minimum Gasteiger partial charge on any atom is -0.315 e. The van der Waals surface area contributed by atoms with E-state index in [2.05, 4.69) is 29.3 Å². The molecule has 2 bridgehead atoms. The third-order valence-corrected chi connectivity index (χ3v) is 5.03. The highest BCUT2D eigenvalue weighted by Gasteiger charge is 2.35. The number of fused-ring (bicyclic) bond motifs is 2. The summed E-state index contributed by atoms with van der Waals surface area (Å²) in [5, 5.41) is 3.71. The Morgan fingerprint density at radius 2 is 2.06 bits per heavy atom. The van der Waals surface area contributed by atoms with Crippen LogP contribution in [0, 0.1) is 17.8 Å². The number of nitrogens with zero attached hydrogens (tertiary/aromatic N) is 1. The molecule has 0 aromatic carbocycles. The molecule has 4 unspecified atom stereocenters. The average Bonchev–Trinajstić information content (AvgIpc) is 3.06. The van der Waals surface area contributed by atoms with Crippen molar-refractivity contribution in [3.63, 3.8) is 0 Å². The van der Waals surface area contributed by atoms with Crippen molar-refractivity contribution in [2.45, 2.75) is 38.6 Å². The lowest BCUT2D eigenvalue weighted by atomic mass is 9.93. The highest BCUT2D eigenvalue weighted by atomic mass is 15.2. The molecule has 0 radical (unpaired) electrons. The first kappa shape index (κ1) is 11.7. The summed E-state index contributed by atoms with van der Waals surface area (Å²) in [6.07, 6.45) is 10.6. The average molecular weight is 234 g/mol. The van der Waals surface area contributed by atoms with Crippen LogP contribution >= 0.6 is 0 Å². The molecule has 1 saturated carbocycles. The van der Waals surface area contributed by atoms with Gasteiger partial charge in [0.1, 0.15) is 0 Å². The quantitative estimate of drug-likeness (QED) is 0.734. The second-order valence-electron chi connectivity index (χ2n) is 6.29. The molecule has 0 spiro atoms. The zero-order valence-corrected chi connectivity index (χ0v) is 11.1. The molecule has 1 saturated heterocycles. The molecule has 2 heteroatoms. The normalized spacial score (nSPS) is 38.1. The maximum atomic E-state index is 3.71. The summed E-state index contributed by atoms with van der Waals surface area (Å²) in [7, 11) is 0. The van der Waals surface area contributed by atoms with Crippen LogP contribution in [0.2, 0.25) is 0 Å². The number of allylic oxidation sites excluding steroid dienone is 2. The molecular formula is C15H26N2. The smallest absolute Gasteiger partial charge is 0.0192 e. The molecule has 0 aromatic heterocycles. The van der Waals surface area contributed by atoms with Crippen molar-refractivity contribution in [2.75, 3.05) is 26.2 Å². The van der Waals surface area contributed by atoms with E-state index in [1.165, 1.54) is 51.9 Å². The second-order valence-corrected chi connectivity index (χ2v) is 6.29. The fourth-order valence-electron chi connectivity index (χ4n) is 3.92. The van der Waals surface area contributed by atoms with E-state index in [-0.39, 0.29) is 0 Å². The van der Waals surface area contributed by atoms with Crippen LogP contribution in [-0.4, -0.2) is 37.1 Å². The van der Waals surface area contributed by atoms with Crippen LogP contribution in [0.25, 0.3) is 0 Å². The molecular weight excluding hydrogens is 208 g/mol. The summed E-state index contributed by atoms with van der Waals surface area (Å²) in [4.78, 5) is 2.63. The SMILES string of the molecule is CC(CNCC1CC2C=CC1C2)N1CCCC1. The van der Waals surface area contributed by atoms with Crippen molar-refractivity contribution in [2.24, 2.45) is 17.8 Å². The van der Waals surface area contributed by atoms with E-state index in [9.17, 15) is 0 Å². The Morgan fingerprint density at radius 3 is 2.71 bits per heavy atom. The highest BCUT2D eigenvalue weighted by molar-refractivity contribution is 5.10. The third kappa shape index (κ3) is 2.58. The van der Waals surface area contributed by atoms with Gasteiger partial charge < -0.3 is 5.32 Å². The van der Waals surface area contributed by atoms with Gasteiger partial charge in [-0.05, 0) is 70.0 Å². The summed E-state index contributed by atoms with van der Waals surface area (Å²) in [6, 6.07) is 0.728. The third-order valence-electron chi connectivity index (χ3n) is 5.03. The van der Waals surface area contributed by atoms with Gasteiger partial charge in [-0.15, -0.1) is 0 Å². The van der Waals surface area contributed by atoms with E-state index >= 15 is 0 Å². The van der Waals surface area contributed by atoms with Crippen LogP contribution in [-0.2, 0) is 0 Å². The molecule has 2 fully saturated rings. The van der Waals surface area contributed by atoms with E-state index in [0.717, 1.165) is 23.8 Å². The van der Waals surface area contributed by atoms with Gasteiger partial charge in [-0.1, -0.05) is 12.2 Å². The second kappa shape index (κ2) is 5.11. The number of nitrogens with one attached hydrogen (secondary N) is 1. The first-order valence-corrected chi connectivity index (χ1v) is 7.46. The number of hydrogen-bond donors (Lipinski definition) is 1. The zero-order valence-electron chi connectivity index (χ0n) is 11.1. The Hall–Kier alpha value is -0.340. The maximum absolute atomic E-state index is 3.71. The van der Waals surface area contributed by atoms with Gasteiger partial charge in [0.05, 0.1) is 0 Å². The van der Waals surface area contributed by atoms with E-state index in [1.54, 1.807) is 0 Å². The fraction of sp³-hybridized carbons (Fsp3) is 0.867. The molecule has 2 nitrogen and oxygen atoms in total. The maximum Gasteiger partial charge on any atom is 0.0192 e. The minimum absolute atomic E-state index is 0.728. The van der Waals surface area contributed by atoms with Crippen LogP contribution < -0.4 is 5.32 Å². The van der Waals surface area contributed by atoms with E-state index in [1.807, 2.05) is 0 Å². The van der Waals surface area contributed by atoms with Gasteiger partial charge in [0, 0.05) is 12.6 Å². The first-order chi connectivity index (χ1) is 8.33. The van der Waals surface area contributed by atoms with Crippen LogP contribution in [0.1, 0.15) is 32.6 Å². The van der Waals surface area contributed by atoms with Crippen molar-refractivity contribution in [3.05, 3.63) is 12.2 Å². The zero-order chi connectivity index (χ0) is 11.7. The largest absolute Gasteiger partial charge is 0.315 e. The van der Waals surface area contributed by atoms with Crippen molar-refractivity contribution in [1.82, 2.24) is 10.2 Å². The Morgan fingerprint density at radius 1 is 1.24 bits per heavy atom. The Kier molecular flexibility index (Phi) is 3.53. The summed E-state index contributed by atoms with van der Waals surface area (Å²) >= 11 is 0. The molecule has 4 atom stereocenters. The molecule has 3 aliphatic rings. The predicted octanol–water partition coefficient (Wildman–Crippen LogP) is 2.27. The van der Waals surface area contributed by atoms with Crippen LogP contribution in [0.4, 0.5) is 0 Å². The molecule has 1 aliphatic heterocycles. The predicted molar refractivity (Wildman–Crippen MR) is 72.0 cm³/mol. The van der Waals surface area contributed by atoms with Crippen molar-refractivity contribution in [3.8, 4) is 0 Å². The first-order valence-electron chi connectivity index (χ1n) is 7.46. The van der Waals surface area contributed by atoms with Gasteiger partial charge in [-0.2, -0.15) is 0 Å². The summed E-state index contributed by atoms with van der Waals surface area (Å²) in [5.74, 6) is 2.74. The van der Waals surface area contributed by atoms with Gasteiger partial charge in [0.15, 0.2) is 0 Å². The molecule has 1 heterocycles. The number of rotatable bonds is 5. The van der Waals surface area contributed by atoms with E-state index < -0.39 is 0 Å². The molecule has 0 aromatic rings. The van der Waals surface area contributed by atoms with E-state index in [0.29, 0.717) is 0 Å². The van der Waals surface area contributed by atoms with Crippen LogP contribution in [0.5, 0.6) is 0 Å². The molecule has 0 amide bonds. The fourth-order valence-corrected chi connectivity index (χ4v) is 3.92. The summed E-state index contributed by atoms with van der Waals surface area (Å²) < 4.78 is 0.